The van der Waals surface area contributed by atoms with Gasteiger partial charge in [0.15, 0.2) is 0 Å². The lowest BCUT2D eigenvalue weighted by Gasteiger charge is -2.10. The van der Waals surface area contributed by atoms with Crippen LogP contribution in [0.1, 0.15) is 25.1 Å². The molecule has 0 unspecified atom stereocenters. The van der Waals surface area contributed by atoms with Gasteiger partial charge in [0.2, 0.25) is 11.3 Å². The van der Waals surface area contributed by atoms with E-state index < -0.39 is 0 Å². The van der Waals surface area contributed by atoms with Crippen LogP contribution in [0.4, 0.5) is 0 Å². The van der Waals surface area contributed by atoms with Gasteiger partial charge >= 0.3 is 0 Å². The first-order valence-corrected chi connectivity index (χ1v) is 8.26. The number of rotatable bonds is 4. The van der Waals surface area contributed by atoms with Crippen molar-refractivity contribution >= 4 is 16.8 Å². The number of fused-ring (bicyclic) bond motifs is 1. The second-order valence-corrected chi connectivity index (χ2v) is 6.04. The van der Waals surface area contributed by atoms with Gasteiger partial charge < -0.3 is 0 Å². The quantitative estimate of drug-likeness (QED) is 0.734. The molecule has 6 nitrogen and oxygen atoms in total. The summed E-state index contributed by atoms with van der Waals surface area (Å²) in [6.45, 7) is 4.33. The van der Waals surface area contributed by atoms with E-state index in [0.717, 1.165) is 5.52 Å². The van der Waals surface area contributed by atoms with Crippen LogP contribution in [0.2, 0.25) is 0 Å². The van der Waals surface area contributed by atoms with Crippen molar-refractivity contribution in [2.45, 2.75) is 32.9 Å². The predicted octanol–water partition coefficient (Wildman–Crippen LogP) is 2.24. The Hall–Kier alpha value is -3.02. The zero-order valence-electron chi connectivity index (χ0n) is 14.3. The third-order valence-corrected chi connectivity index (χ3v) is 3.80. The van der Waals surface area contributed by atoms with Crippen LogP contribution in [-0.2, 0) is 6.54 Å². The van der Waals surface area contributed by atoms with E-state index >= 15 is 0 Å². The van der Waals surface area contributed by atoms with Crippen LogP contribution in [0.15, 0.2) is 64.6 Å². The Balaban J connectivity index is 1.87. The Bertz CT molecular complexity index is 1030. The fraction of sp³-hybridized carbons (Fsp3) is 0.263. The summed E-state index contributed by atoms with van der Waals surface area (Å²) in [6.07, 6.45) is 3.28. The molecule has 6 heteroatoms. The number of aromatic nitrogens is 3. The maximum absolute atomic E-state index is 12.6. The molecule has 0 spiro atoms. The van der Waals surface area contributed by atoms with Gasteiger partial charge in [-0.25, -0.2) is 0 Å². The Morgan fingerprint density at radius 3 is 2.72 bits per heavy atom. The number of nitrogens with zero attached hydrogens (tertiary/aromatic N) is 4. The molecular formula is C19H20N4O2. The molecule has 25 heavy (non-hydrogen) atoms. The summed E-state index contributed by atoms with van der Waals surface area (Å²) in [5.74, 6) is -0.0652. The summed E-state index contributed by atoms with van der Waals surface area (Å²) < 4.78 is 3.25. The highest BCUT2D eigenvalue weighted by molar-refractivity contribution is 5.80. The summed E-state index contributed by atoms with van der Waals surface area (Å²) in [4.78, 5) is 29.0. The van der Waals surface area contributed by atoms with Gasteiger partial charge in [-0.3, -0.25) is 23.8 Å². The molecule has 0 amide bonds. The topological polar surface area (TPSA) is 69.2 Å². The number of aryl methyl sites for hydroxylation is 1. The van der Waals surface area contributed by atoms with Crippen LogP contribution in [0, 0.1) is 0 Å². The number of carbonyl (C=O) groups is 1. The molecule has 0 aliphatic rings. The van der Waals surface area contributed by atoms with E-state index in [1.165, 1.54) is 6.20 Å². The Labute approximate surface area is 145 Å². The monoisotopic (exact) mass is 336 g/mol. The van der Waals surface area contributed by atoms with E-state index in [0.29, 0.717) is 17.4 Å². The molecule has 3 rings (SSSR count). The number of hydrogen-bond acceptors (Lipinski definition) is 4. The molecule has 3 aromatic rings. The van der Waals surface area contributed by atoms with E-state index in [-0.39, 0.29) is 23.8 Å². The van der Waals surface area contributed by atoms with Crippen molar-refractivity contribution < 1.29 is 4.79 Å². The van der Waals surface area contributed by atoms with Gasteiger partial charge in [-0.1, -0.05) is 18.2 Å². The minimum absolute atomic E-state index is 0.0652. The fourth-order valence-electron chi connectivity index (χ4n) is 2.68. The average Bonchev–Trinajstić information content (AvgIpc) is 2.61. The van der Waals surface area contributed by atoms with Gasteiger partial charge in [-0.2, -0.15) is 5.10 Å². The standard InChI is InChI=1S/C19H20N4O2/c1-14(2)21-18-9-5-6-11-22(18)19(25)10-12-23-16-8-4-3-7-15(16)17(24)13-20-23/h3-9,11,13-14H,10,12H2,1-2H3. The number of para-hydroxylation sites is 1. The van der Waals surface area contributed by atoms with Gasteiger partial charge in [-0.05, 0) is 38.1 Å². The molecular weight excluding hydrogens is 316 g/mol. The van der Waals surface area contributed by atoms with Gasteiger partial charge in [0.05, 0.1) is 18.3 Å². The Morgan fingerprint density at radius 1 is 1.16 bits per heavy atom. The molecule has 0 saturated carbocycles. The molecule has 2 aromatic heterocycles. The van der Waals surface area contributed by atoms with E-state index in [1.54, 1.807) is 21.5 Å². The number of carbonyl (C=O) groups excluding carboxylic acids is 1. The molecule has 0 N–H and O–H groups in total. The Kier molecular flexibility index (Phi) is 4.88. The first-order chi connectivity index (χ1) is 12.1. The molecule has 2 heterocycles. The highest BCUT2D eigenvalue weighted by Crippen LogP contribution is 2.08. The maximum Gasteiger partial charge on any atom is 0.234 e. The largest absolute Gasteiger partial charge is 0.287 e. The van der Waals surface area contributed by atoms with Crippen molar-refractivity contribution in [3.8, 4) is 0 Å². The SMILES string of the molecule is CC(C)N=c1ccccn1C(=O)CCn1ncc(=O)c2ccccc21. The molecule has 0 fully saturated rings. The highest BCUT2D eigenvalue weighted by Gasteiger charge is 2.08. The molecule has 0 radical (unpaired) electrons. The number of benzene rings is 1. The molecule has 0 atom stereocenters. The van der Waals surface area contributed by atoms with Crippen LogP contribution < -0.4 is 10.9 Å². The molecule has 128 valence electrons. The molecule has 0 aliphatic carbocycles. The molecule has 0 aliphatic heterocycles. The summed E-state index contributed by atoms with van der Waals surface area (Å²) in [6, 6.07) is 12.9. The fourth-order valence-corrected chi connectivity index (χ4v) is 2.68. The van der Waals surface area contributed by atoms with Crippen molar-refractivity contribution in [1.82, 2.24) is 14.3 Å². The minimum atomic E-state index is -0.117. The van der Waals surface area contributed by atoms with E-state index in [1.807, 2.05) is 50.2 Å². The highest BCUT2D eigenvalue weighted by atomic mass is 16.2. The number of pyridine rings is 1. The van der Waals surface area contributed by atoms with Crippen molar-refractivity contribution in [3.05, 3.63) is 70.6 Å². The summed E-state index contributed by atoms with van der Waals surface area (Å²) in [7, 11) is 0. The maximum atomic E-state index is 12.6. The Morgan fingerprint density at radius 2 is 1.92 bits per heavy atom. The van der Waals surface area contributed by atoms with E-state index in [9.17, 15) is 9.59 Å². The van der Waals surface area contributed by atoms with Crippen molar-refractivity contribution in [1.29, 1.82) is 0 Å². The van der Waals surface area contributed by atoms with Crippen molar-refractivity contribution in [2.75, 3.05) is 0 Å². The second kappa shape index (κ2) is 7.25. The number of hydrogen-bond donors (Lipinski definition) is 0. The molecule has 1 aromatic carbocycles. The van der Waals surface area contributed by atoms with Crippen molar-refractivity contribution in [3.63, 3.8) is 0 Å². The first kappa shape index (κ1) is 16.8. The zero-order chi connectivity index (χ0) is 17.8. The third kappa shape index (κ3) is 3.74. The van der Waals surface area contributed by atoms with Gasteiger partial charge in [0.25, 0.3) is 0 Å². The summed E-state index contributed by atoms with van der Waals surface area (Å²) in [5, 5.41) is 4.77. The first-order valence-electron chi connectivity index (χ1n) is 8.26. The van der Waals surface area contributed by atoms with E-state index in [2.05, 4.69) is 10.1 Å². The third-order valence-electron chi connectivity index (χ3n) is 3.80. The lowest BCUT2D eigenvalue weighted by molar-refractivity contribution is 0.0890. The van der Waals surface area contributed by atoms with Gasteiger partial charge in [-0.15, -0.1) is 0 Å². The van der Waals surface area contributed by atoms with Crippen LogP contribution in [-0.4, -0.2) is 26.3 Å². The summed E-state index contributed by atoms with van der Waals surface area (Å²) >= 11 is 0. The average molecular weight is 336 g/mol. The second-order valence-electron chi connectivity index (χ2n) is 6.04. The zero-order valence-corrected chi connectivity index (χ0v) is 14.3. The van der Waals surface area contributed by atoms with Crippen LogP contribution >= 0.6 is 0 Å². The minimum Gasteiger partial charge on any atom is -0.287 e. The van der Waals surface area contributed by atoms with Gasteiger partial charge in [0, 0.05) is 24.0 Å². The van der Waals surface area contributed by atoms with E-state index in [4.69, 9.17) is 0 Å². The molecule has 0 saturated heterocycles. The summed E-state index contributed by atoms with van der Waals surface area (Å²) in [5.41, 5.74) is 1.25. The lowest BCUT2D eigenvalue weighted by atomic mass is 10.2. The van der Waals surface area contributed by atoms with Crippen LogP contribution in [0.3, 0.4) is 0 Å². The smallest absolute Gasteiger partial charge is 0.234 e. The van der Waals surface area contributed by atoms with Crippen LogP contribution in [0.25, 0.3) is 10.9 Å². The predicted molar refractivity (Wildman–Crippen MR) is 96.4 cm³/mol. The lowest BCUT2D eigenvalue weighted by Crippen LogP contribution is -2.28. The van der Waals surface area contributed by atoms with Gasteiger partial charge in [0.1, 0.15) is 5.49 Å². The van der Waals surface area contributed by atoms with Crippen molar-refractivity contribution in [2.24, 2.45) is 4.99 Å². The molecule has 0 bridgehead atoms. The van der Waals surface area contributed by atoms with Crippen LogP contribution in [0.5, 0.6) is 0 Å². The normalized spacial score (nSPS) is 12.0.